The van der Waals surface area contributed by atoms with Gasteiger partial charge in [0.1, 0.15) is 5.82 Å². The number of pyridine rings is 1. The Morgan fingerprint density at radius 3 is 2.34 bits per heavy atom. The minimum atomic E-state index is -3.82. The number of nitrogens with zero attached hydrogens (tertiary/aromatic N) is 4. The van der Waals surface area contributed by atoms with E-state index in [4.69, 9.17) is 0 Å². The lowest BCUT2D eigenvalue weighted by Gasteiger charge is -2.36. The molecule has 2 aliphatic heterocycles. The van der Waals surface area contributed by atoms with E-state index in [0.717, 1.165) is 31.5 Å². The molecule has 0 unspecified atom stereocenters. The van der Waals surface area contributed by atoms with Crippen LogP contribution in [0.4, 0.5) is 5.82 Å². The highest BCUT2D eigenvalue weighted by Crippen LogP contribution is 2.39. The molecule has 3 heterocycles. The largest absolute Gasteiger partial charge is 0.356 e. The van der Waals surface area contributed by atoms with Crippen LogP contribution in [0.5, 0.6) is 0 Å². The van der Waals surface area contributed by atoms with Crippen LogP contribution in [0, 0.1) is 11.8 Å². The van der Waals surface area contributed by atoms with Gasteiger partial charge in [0.2, 0.25) is 21.8 Å². The van der Waals surface area contributed by atoms with Crippen LogP contribution in [-0.4, -0.2) is 79.7 Å². The molecule has 2 saturated heterocycles. The number of sulfonamides is 1. The highest BCUT2D eigenvalue weighted by Gasteiger charge is 2.48. The van der Waals surface area contributed by atoms with Crippen LogP contribution >= 0.6 is 0 Å². The molecule has 38 heavy (non-hydrogen) atoms. The summed E-state index contributed by atoms with van der Waals surface area (Å²) in [6.07, 6.45) is 5.96. The maximum Gasteiger partial charge on any atom is 0.243 e. The Labute approximate surface area is 225 Å². The number of fused-ring (bicyclic) bond motifs is 1. The van der Waals surface area contributed by atoms with Gasteiger partial charge in [-0.3, -0.25) is 9.59 Å². The van der Waals surface area contributed by atoms with Crippen molar-refractivity contribution in [2.75, 3.05) is 44.2 Å². The van der Waals surface area contributed by atoms with Crippen molar-refractivity contribution in [2.24, 2.45) is 11.8 Å². The van der Waals surface area contributed by atoms with Crippen LogP contribution in [0.3, 0.4) is 0 Å². The van der Waals surface area contributed by atoms with Gasteiger partial charge in [0.25, 0.3) is 0 Å². The Kier molecular flexibility index (Phi) is 8.28. The van der Waals surface area contributed by atoms with Gasteiger partial charge in [-0.2, -0.15) is 4.31 Å². The van der Waals surface area contributed by atoms with E-state index in [1.807, 2.05) is 23.1 Å². The summed E-state index contributed by atoms with van der Waals surface area (Å²) in [7, 11) is -3.82. The first-order chi connectivity index (χ1) is 18.4. The molecule has 1 aromatic heterocycles. The molecule has 0 radical (unpaired) electrons. The number of hydrogen-bond donors (Lipinski definition) is 1. The average Bonchev–Trinajstić information content (AvgIpc) is 3.38. The summed E-state index contributed by atoms with van der Waals surface area (Å²) in [6, 6.07) is 13.7. The third kappa shape index (κ3) is 5.71. The van der Waals surface area contributed by atoms with Crippen LogP contribution in [0.25, 0.3) is 0 Å². The van der Waals surface area contributed by atoms with Crippen molar-refractivity contribution in [3.63, 3.8) is 0 Å². The van der Waals surface area contributed by atoms with Gasteiger partial charge in [-0.1, -0.05) is 37.1 Å². The molecule has 1 saturated carbocycles. The van der Waals surface area contributed by atoms with Crippen LogP contribution < -0.4 is 10.2 Å². The fourth-order valence-corrected chi connectivity index (χ4v) is 7.78. The number of amides is 2. The quantitative estimate of drug-likeness (QED) is 0.641. The van der Waals surface area contributed by atoms with Crippen LogP contribution in [0.2, 0.25) is 0 Å². The number of hydrogen-bond acceptors (Lipinski definition) is 6. The predicted octanol–water partition coefficient (Wildman–Crippen LogP) is 2.51. The summed E-state index contributed by atoms with van der Waals surface area (Å²) >= 11 is 0. The Morgan fingerprint density at radius 1 is 0.868 bits per heavy atom. The van der Waals surface area contributed by atoms with Gasteiger partial charge in [-0.25, -0.2) is 13.4 Å². The fraction of sp³-hybridized carbons (Fsp3) is 0.536. The molecule has 9 nitrogen and oxygen atoms in total. The Bertz CT molecular complexity index is 1200. The van der Waals surface area contributed by atoms with E-state index >= 15 is 0 Å². The molecule has 3 fully saturated rings. The molecular weight excluding hydrogens is 502 g/mol. The maximum atomic E-state index is 13.8. The first-order valence-electron chi connectivity index (χ1n) is 13.7. The lowest BCUT2D eigenvalue weighted by atomic mass is 10.0. The number of anilines is 1. The predicted molar refractivity (Wildman–Crippen MR) is 145 cm³/mol. The summed E-state index contributed by atoms with van der Waals surface area (Å²) < 4.78 is 29.2. The molecule has 0 spiro atoms. The third-order valence-corrected chi connectivity index (χ3v) is 10.0. The fourth-order valence-electron chi connectivity index (χ4n) is 6.05. The summed E-state index contributed by atoms with van der Waals surface area (Å²) in [5.74, 6) is -0.139. The molecule has 10 heteroatoms. The molecule has 5 rings (SSSR count). The summed E-state index contributed by atoms with van der Waals surface area (Å²) in [6.45, 7) is 3.49. The number of rotatable bonds is 4. The molecule has 0 bridgehead atoms. The monoisotopic (exact) mass is 539 g/mol. The molecule has 1 N–H and O–H groups in total. The van der Waals surface area contributed by atoms with E-state index in [9.17, 15) is 18.0 Å². The second kappa shape index (κ2) is 11.8. The van der Waals surface area contributed by atoms with Crippen molar-refractivity contribution < 1.29 is 18.0 Å². The van der Waals surface area contributed by atoms with Crippen molar-refractivity contribution in [2.45, 2.75) is 49.5 Å². The summed E-state index contributed by atoms with van der Waals surface area (Å²) in [5, 5.41) is 3.03. The molecule has 2 amide bonds. The van der Waals surface area contributed by atoms with E-state index in [1.165, 1.54) is 4.31 Å². The molecular formula is C28H37N5O4S. The van der Waals surface area contributed by atoms with E-state index in [1.54, 1.807) is 36.5 Å². The van der Waals surface area contributed by atoms with Gasteiger partial charge in [0, 0.05) is 57.4 Å². The average molecular weight is 540 g/mol. The number of piperazine rings is 1. The zero-order chi connectivity index (χ0) is 26.5. The lowest BCUT2D eigenvalue weighted by molar-refractivity contribution is -0.135. The molecule has 204 valence electrons. The zero-order valence-electron chi connectivity index (χ0n) is 21.7. The highest BCUT2D eigenvalue weighted by atomic mass is 32.2. The van der Waals surface area contributed by atoms with Crippen LogP contribution in [0.1, 0.15) is 38.5 Å². The lowest BCUT2D eigenvalue weighted by Crippen LogP contribution is -2.50. The first-order valence-corrected chi connectivity index (χ1v) is 15.2. The van der Waals surface area contributed by atoms with Gasteiger partial charge in [-0.15, -0.1) is 0 Å². The van der Waals surface area contributed by atoms with E-state index in [0.29, 0.717) is 52.1 Å². The smallest absolute Gasteiger partial charge is 0.243 e. The molecule has 1 aromatic carbocycles. The number of benzene rings is 1. The minimum absolute atomic E-state index is 0.0233. The Morgan fingerprint density at radius 2 is 1.61 bits per heavy atom. The molecule has 3 aliphatic rings. The maximum absolute atomic E-state index is 13.8. The molecule has 1 aliphatic carbocycles. The van der Waals surface area contributed by atoms with Gasteiger partial charge in [0.15, 0.2) is 0 Å². The highest BCUT2D eigenvalue weighted by molar-refractivity contribution is 7.89. The van der Waals surface area contributed by atoms with Gasteiger partial charge < -0.3 is 15.1 Å². The van der Waals surface area contributed by atoms with Crippen molar-refractivity contribution in [3.05, 3.63) is 54.7 Å². The van der Waals surface area contributed by atoms with Crippen LogP contribution in [-0.2, 0) is 19.6 Å². The normalized spacial score (nSPS) is 25.8. The van der Waals surface area contributed by atoms with Crippen LogP contribution in [0.15, 0.2) is 59.6 Å². The zero-order valence-corrected chi connectivity index (χ0v) is 22.6. The van der Waals surface area contributed by atoms with Gasteiger partial charge in [-0.05, 0) is 49.9 Å². The number of nitrogens with one attached hydrogen (secondary N) is 1. The van der Waals surface area contributed by atoms with E-state index in [-0.39, 0.29) is 22.6 Å². The Balaban J connectivity index is 1.35. The van der Waals surface area contributed by atoms with E-state index < -0.39 is 22.0 Å². The van der Waals surface area contributed by atoms with Crippen molar-refractivity contribution in [1.82, 2.24) is 19.5 Å². The number of carbonyl (C=O) groups is 2. The van der Waals surface area contributed by atoms with Crippen molar-refractivity contribution in [3.8, 4) is 0 Å². The van der Waals surface area contributed by atoms with Gasteiger partial charge >= 0.3 is 0 Å². The van der Waals surface area contributed by atoms with Gasteiger partial charge in [0.05, 0.1) is 10.8 Å². The van der Waals surface area contributed by atoms with E-state index in [2.05, 4.69) is 15.2 Å². The summed E-state index contributed by atoms with van der Waals surface area (Å²) in [5.41, 5.74) is 0. The summed E-state index contributed by atoms with van der Waals surface area (Å²) in [4.78, 5) is 35.7. The standard InChI is InChI=1S/C28H37N5O4S/c34-27-24-20-22(28(35)32-18-16-31(17-19-32)26-12-6-8-13-29-26)21-25(24)33(15-9-2-1-7-14-30-27)38(36,37)23-10-4-3-5-11-23/h3-6,8,10-13,22,24-25H,1-2,7,9,14-21H2,(H,30,34)/t22-,24-,25+/m1/s1. The molecule has 3 atom stereocenters. The minimum Gasteiger partial charge on any atom is -0.356 e. The SMILES string of the molecule is O=C1NCCCCCCN(S(=O)(=O)c2ccccc2)[C@H]2C[C@H](C(=O)N3CCN(c4ccccn4)CC3)C[C@@H]12. The molecule has 2 aromatic rings. The third-order valence-electron chi connectivity index (χ3n) is 8.10. The number of aromatic nitrogens is 1. The van der Waals surface area contributed by atoms with Crippen molar-refractivity contribution in [1.29, 1.82) is 0 Å². The number of carbonyl (C=O) groups excluding carboxylic acids is 2. The topological polar surface area (TPSA) is 103 Å². The van der Waals surface area contributed by atoms with Crippen molar-refractivity contribution >= 4 is 27.7 Å². The Hall–Kier alpha value is -2.98. The first kappa shape index (κ1) is 26.6. The second-order valence-electron chi connectivity index (χ2n) is 10.5. The second-order valence-corrected chi connectivity index (χ2v) is 12.4.